The van der Waals surface area contributed by atoms with Crippen LogP contribution in [0.25, 0.3) is 22.3 Å². The van der Waals surface area contributed by atoms with Gasteiger partial charge in [0.2, 0.25) is 11.8 Å². The van der Waals surface area contributed by atoms with Crippen LogP contribution in [0.4, 0.5) is 11.5 Å². The molecule has 58 heavy (non-hydrogen) atoms. The molecule has 4 saturated heterocycles. The van der Waals surface area contributed by atoms with Crippen molar-refractivity contribution in [1.82, 2.24) is 40.2 Å². The number of hydrogen-bond donors (Lipinski definition) is 3. The van der Waals surface area contributed by atoms with Crippen LogP contribution in [-0.4, -0.2) is 112 Å². The van der Waals surface area contributed by atoms with Crippen LogP contribution in [0.5, 0.6) is 17.2 Å². The lowest BCUT2D eigenvalue weighted by Gasteiger charge is -2.54. The minimum absolute atomic E-state index is 0.198. The van der Waals surface area contributed by atoms with E-state index in [2.05, 4.69) is 35.0 Å². The number of aromatic nitrogens is 4. The summed E-state index contributed by atoms with van der Waals surface area (Å²) in [6.45, 7) is 6.25. The minimum Gasteiger partial charge on any atom is -0.496 e. The first-order chi connectivity index (χ1) is 28.3. The van der Waals surface area contributed by atoms with Crippen molar-refractivity contribution in [3.8, 4) is 28.5 Å². The third-order valence-electron chi connectivity index (χ3n) is 12.8. The number of nitrogen functional groups attached to an aromatic ring is 1. The number of nitrogens with two attached hydrogens (primary N) is 1. The topological polar surface area (TPSA) is 173 Å². The number of ether oxygens (including phenoxy) is 2. The molecular weight excluding hydrogens is 737 g/mol. The maximum atomic E-state index is 13.0. The van der Waals surface area contributed by atoms with Crippen molar-refractivity contribution in [2.45, 2.75) is 49.9 Å². The van der Waals surface area contributed by atoms with Gasteiger partial charge in [0.25, 0.3) is 5.91 Å². The van der Waals surface area contributed by atoms with E-state index in [1.807, 2.05) is 66.7 Å². The Morgan fingerprint density at radius 2 is 1.55 bits per heavy atom. The van der Waals surface area contributed by atoms with E-state index in [0.717, 1.165) is 91.6 Å². The number of anilines is 2. The normalized spacial score (nSPS) is 24.0. The van der Waals surface area contributed by atoms with Gasteiger partial charge in [-0.3, -0.25) is 29.5 Å². The quantitative estimate of drug-likeness (QED) is 0.175. The van der Waals surface area contributed by atoms with Crippen molar-refractivity contribution in [2.75, 3.05) is 57.0 Å². The number of likely N-dealkylation sites (tertiary alicyclic amines) is 2. The van der Waals surface area contributed by atoms with E-state index in [4.69, 9.17) is 25.3 Å². The Labute approximate surface area is 335 Å². The molecule has 5 fully saturated rings. The summed E-state index contributed by atoms with van der Waals surface area (Å²) in [5.74, 6) is 2.48. The molecule has 4 N–H and O–H groups in total. The van der Waals surface area contributed by atoms with Crippen molar-refractivity contribution in [1.29, 1.82) is 0 Å². The van der Waals surface area contributed by atoms with Crippen molar-refractivity contribution < 1.29 is 23.9 Å². The summed E-state index contributed by atoms with van der Waals surface area (Å²) in [4.78, 5) is 53.3. The molecule has 3 amide bonds. The summed E-state index contributed by atoms with van der Waals surface area (Å²) in [5.41, 5.74) is 10.4. The van der Waals surface area contributed by atoms with Gasteiger partial charge in [0, 0.05) is 75.1 Å². The monoisotopic (exact) mass is 782 g/mol. The fourth-order valence-corrected chi connectivity index (χ4v) is 9.61. The number of carbonyl (C=O) groups excluding carboxylic acids is 3. The molecule has 4 aliphatic heterocycles. The second-order valence-corrected chi connectivity index (χ2v) is 16.3. The number of fused-ring (bicyclic) bond motifs is 2. The Morgan fingerprint density at radius 3 is 2.28 bits per heavy atom. The van der Waals surface area contributed by atoms with Gasteiger partial charge in [-0.1, -0.05) is 18.2 Å². The number of benzene rings is 3. The molecule has 0 spiro atoms. The molecule has 5 aliphatic rings. The van der Waals surface area contributed by atoms with Crippen molar-refractivity contribution in [2.24, 2.45) is 11.8 Å². The summed E-state index contributed by atoms with van der Waals surface area (Å²) in [5, 5.41) is 11.0. The molecule has 15 nitrogen and oxygen atoms in total. The molecule has 298 valence electrons. The summed E-state index contributed by atoms with van der Waals surface area (Å²) in [6.07, 6.45) is 4.16. The van der Waals surface area contributed by atoms with E-state index in [1.165, 1.54) is 0 Å². The smallest absolute Gasteiger partial charge is 0.255 e. The lowest BCUT2D eigenvalue weighted by atomic mass is 9.97. The number of hydrogen-bond acceptors (Lipinski definition) is 12. The number of para-hydroxylation sites is 1. The highest BCUT2D eigenvalue weighted by Crippen LogP contribution is 2.47. The zero-order chi connectivity index (χ0) is 39.5. The number of carbonyl (C=O) groups is 3. The molecule has 6 heterocycles. The Balaban J connectivity index is 0.724. The molecule has 1 saturated carbocycles. The summed E-state index contributed by atoms with van der Waals surface area (Å²) >= 11 is 0. The van der Waals surface area contributed by atoms with E-state index >= 15 is 0 Å². The molecular formula is C43H46N10O5. The standard InChI is InChI=1S/C43H46N10O5/c1-57-36-17-28(9-12-34(36)42(55)47-35-13-14-37(54)48-43(35)56)51-20-31(21-51)52-22-30(23-52)50-18-26-15-29(16-27(26)19-50)53-41-38(40(44)45-24-46-41)39(49-53)25-7-10-33(11-8-25)58-32-5-3-2-4-6-32/h2-12,17,24,26-27,29-31,35H,13-16,18-23H2,1H3,(H,47,55)(H2,44,45,46)(H,48,54,56). The molecule has 3 atom stereocenters. The second-order valence-electron chi connectivity index (χ2n) is 16.3. The fourth-order valence-electron chi connectivity index (χ4n) is 9.61. The molecule has 1 aliphatic carbocycles. The largest absolute Gasteiger partial charge is 0.496 e. The Morgan fingerprint density at radius 1 is 0.845 bits per heavy atom. The van der Waals surface area contributed by atoms with Crippen LogP contribution < -0.4 is 30.7 Å². The van der Waals surface area contributed by atoms with Crippen LogP contribution in [-0.2, 0) is 9.59 Å². The van der Waals surface area contributed by atoms with E-state index in [1.54, 1.807) is 19.5 Å². The summed E-state index contributed by atoms with van der Waals surface area (Å²) in [7, 11) is 1.54. The highest BCUT2D eigenvalue weighted by Gasteiger charge is 2.48. The number of nitrogens with one attached hydrogen (secondary N) is 2. The van der Waals surface area contributed by atoms with Crippen LogP contribution in [0.1, 0.15) is 42.1 Å². The minimum atomic E-state index is -0.743. The van der Waals surface area contributed by atoms with E-state index in [0.29, 0.717) is 41.1 Å². The summed E-state index contributed by atoms with van der Waals surface area (Å²) in [6, 6.07) is 23.9. The molecule has 5 aromatic rings. The third kappa shape index (κ3) is 6.67. The van der Waals surface area contributed by atoms with Crippen molar-refractivity contribution in [3.05, 3.63) is 84.7 Å². The number of rotatable bonds is 10. The highest BCUT2D eigenvalue weighted by molar-refractivity contribution is 6.04. The zero-order valence-electron chi connectivity index (χ0n) is 32.3. The average molecular weight is 783 g/mol. The molecule has 0 radical (unpaired) electrons. The van der Waals surface area contributed by atoms with Crippen molar-refractivity contribution in [3.63, 3.8) is 0 Å². The number of amides is 3. The van der Waals surface area contributed by atoms with E-state index < -0.39 is 17.9 Å². The predicted molar refractivity (Wildman–Crippen MR) is 217 cm³/mol. The molecule has 2 aromatic heterocycles. The van der Waals surface area contributed by atoms with Gasteiger partial charge in [0.05, 0.1) is 24.1 Å². The SMILES string of the molecule is COc1cc(N2CC(N3CC(N4CC5CC(n6nc(-c7ccc(Oc8ccccc8)cc7)c7c(N)ncnc76)CC5C4)C3)C2)ccc1C(=O)NC1CCC(=O)NC1=O. The van der Waals surface area contributed by atoms with Crippen LogP contribution in [0, 0.1) is 11.8 Å². The maximum Gasteiger partial charge on any atom is 0.255 e. The van der Waals surface area contributed by atoms with Gasteiger partial charge < -0.3 is 25.4 Å². The van der Waals surface area contributed by atoms with Gasteiger partial charge in [-0.25, -0.2) is 14.6 Å². The van der Waals surface area contributed by atoms with Gasteiger partial charge in [0.15, 0.2) is 5.65 Å². The first-order valence-electron chi connectivity index (χ1n) is 20.2. The lowest BCUT2D eigenvalue weighted by molar-refractivity contribution is -0.134. The van der Waals surface area contributed by atoms with Gasteiger partial charge in [-0.2, -0.15) is 5.10 Å². The number of nitrogens with zero attached hydrogens (tertiary/aromatic N) is 7. The zero-order valence-corrected chi connectivity index (χ0v) is 32.3. The van der Waals surface area contributed by atoms with Crippen LogP contribution in [0.15, 0.2) is 79.1 Å². The van der Waals surface area contributed by atoms with Crippen LogP contribution >= 0.6 is 0 Å². The first-order valence-corrected chi connectivity index (χ1v) is 20.2. The van der Waals surface area contributed by atoms with Crippen molar-refractivity contribution >= 4 is 40.3 Å². The number of methoxy groups -OCH3 is 1. The average Bonchev–Trinajstić information content (AvgIpc) is 3.89. The Kier molecular flexibility index (Phi) is 9.20. The summed E-state index contributed by atoms with van der Waals surface area (Å²) < 4.78 is 13.7. The third-order valence-corrected chi connectivity index (χ3v) is 12.8. The van der Waals surface area contributed by atoms with Gasteiger partial charge >= 0.3 is 0 Å². The molecule has 3 unspecified atom stereocenters. The number of imide groups is 1. The fraction of sp³-hybridized carbons (Fsp3) is 0.395. The molecule has 10 rings (SSSR count). The maximum absolute atomic E-state index is 13.0. The van der Waals surface area contributed by atoms with Gasteiger partial charge in [-0.15, -0.1) is 0 Å². The van der Waals surface area contributed by atoms with Gasteiger partial charge in [0.1, 0.15) is 41.1 Å². The Hall–Kier alpha value is -6.06. The molecule has 15 heteroatoms. The number of piperidine rings is 1. The predicted octanol–water partition coefficient (Wildman–Crippen LogP) is 3.87. The lowest BCUT2D eigenvalue weighted by Crippen LogP contribution is -2.69. The second kappa shape index (κ2) is 14.7. The van der Waals surface area contributed by atoms with Crippen LogP contribution in [0.3, 0.4) is 0 Å². The molecule has 0 bridgehead atoms. The van der Waals surface area contributed by atoms with E-state index in [9.17, 15) is 14.4 Å². The van der Waals surface area contributed by atoms with E-state index in [-0.39, 0.29) is 24.8 Å². The Bertz CT molecular complexity index is 2360. The first kappa shape index (κ1) is 36.3. The molecule has 3 aromatic carbocycles. The highest BCUT2D eigenvalue weighted by atomic mass is 16.5. The van der Waals surface area contributed by atoms with Crippen LogP contribution in [0.2, 0.25) is 0 Å². The van der Waals surface area contributed by atoms with Gasteiger partial charge in [-0.05, 0) is 79.6 Å².